The average Bonchev–Trinajstić information content (AvgIpc) is 2.33. The average molecular weight is 257 g/mol. The molecule has 2 fully saturated rings. The maximum atomic E-state index is 5.92. The van der Waals surface area contributed by atoms with Gasteiger partial charge in [-0.2, -0.15) is 11.8 Å². The maximum absolute atomic E-state index is 5.92. The van der Waals surface area contributed by atoms with Crippen molar-refractivity contribution in [1.29, 1.82) is 0 Å². The Bertz CT molecular complexity index is 244. The molecular weight excluding hydrogens is 230 g/mol. The molecule has 0 aromatic heterocycles. The van der Waals surface area contributed by atoms with E-state index in [0.717, 1.165) is 12.5 Å². The largest absolute Gasteiger partial charge is 0.377 e. The summed E-state index contributed by atoms with van der Waals surface area (Å²) in [6, 6.07) is 0.682. The maximum Gasteiger partial charge on any atom is 0.0684 e. The summed E-state index contributed by atoms with van der Waals surface area (Å²) in [7, 11) is 0. The molecule has 2 aliphatic rings. The van der Waals surface area contributed by atoms with Crippen LogP contribution in [0.25, 0.3) is 0 Å². The van der Waals surface area contributed by atoms with E-state index in [1.54, 1.807) is 0 Å². The number of nitrogens with one attached hydrogen (secondary N) is 1. The molecule has 0 aromatic carbocycles. The van der Waals surface area contributed by atoms with Crippen molar-refractivity contribution >= 4 is 11.8 Å². The molecule has 0 bridgehead atoms. The van der Waals surface area contributed by atoms with Gasteiger partial charge in [0, 0.05) is 24.0 Å². The first-order valence-corrected chi connectivity index (χ1v) is 8.41. The number of hydrogen-bond donors (Lipinski definition) is 1. The zero-order valence-corrected chi connectivity index (χ0v) is 12.3. The van der Waals surface area contributed by atoms with Gasteiger partial charge in [-0.1, -0.05) is 13.8 Å². The third kappa shape index (κ3) is 2.82. The molecule has 2 rings (SSSR count). The van der Waals surface area contributed by atoms with Crippen molar-refractivity contribution in [1.82, 2.24) is 5.32 Å². The first-order valence-electron chi connectivity index (χ1n) is 7.02. The zero-order valence-electron chi connectivity index (χ0n) is 11.5. The first kappa shape index (κ1) is 13.7. The standard InChI is InChI=1S/C14H27NOS/c1-14(2)12(15-8-4-5-10-17-3)11-7-6-9-16-13(11)14/h11-13,15H,4-10H2,1-3H3/t11-,12+,13-/m0/s1. The lowest BCUT2D eigenvalue weighted by molar-refractivity contribution is -0.192. The molecule has 3 atom stereocenters. The van der Waals surface area contributed by atoms with E-state index in [0.29, 0.717) is 17.6 Å². The highest BCUT2D eigenvalue weighted by Gasteiger charge is 2.57. The summed E-state index contributed by atoms with van der Waals surface area (Å²) in [6.45, 7) is 6.88. The Balaban J connectivity index is 1.72. The van der Waals surface area contributed by atoms with E-state index in [9.17, 15) is 0 Å². The monoisotopic (exact) mass is 257 g/mol. The number of rotatable bonds is 6. The Morgan fingerprint density at radius 3 is 2.94 bits per heavy atom. The Morgan fingerprint density at radius 1 is 1.35 bits per heavy atom. The highest BCUT2D eigenvalue weighted by atomic mass is 32.2. The van der Waals surface area contributed by atoms with Crippen molar-refractivity contribution in [2.24, 2.45) is 11.3 Å². The summed E-state index contributed by atoms with van der Waals surface area (Å²) in [6.07, 6.45) is 7.96. The van der Waals surface area contributed by atoms with Crippen LogP contribution < -0.4 is 5.32 Å². The minimum Gasteiger partial charge on any atom is -0.377 e. The molecule has 0 unspecified atom stereocenters. The van der Waals surface area contributed by atoms with Crippen LogP contribution in [0, 0.1) is 11.3 Å². The fourth-order valence-corrected chi connectivity index (χ4v) is 4.06. The van der Waals surface area contributed by atoms with Gasteiger partial charge in [0.25, 0.3) is 0 Å². The van der Waals surface area contributed by atoms with Gasteiger partial charge in [0.2, 0.25) is 0 Å². The van der Waals surface area contributed by atoms with Crippen molar-refractivity contribution < 1.29 is 4.74 Å². The highest BCUT2D eigenvalue weighted by Crippen LogP contribution is 2.51. The van der Waals surface area contributed by atoms with Gasteiger partial charge in [0.1, 0.15) is 0 Å². The third-order valence-electron chi connectivity index (χ3n) is 4.47. The molecule has 1 saturated heterocycles. The number of unbranched alkanes of at least 4 members (excludes halogenated alkanes) is 1. The fourth-order valence-electron chi connectivity index (χ4n) is 3.57. The molecule has 0 aromatic rings. The zero-order chi connectivity index (χ0) is 12.3. The van der Waals surface area contributed by atoms with Gasteiger partial charge >= 0.3 is 0 Å². The van der Waals surface area contributed by atoms with E-state index >= 15 is 0 Å². The summed E-state index contributed by atoms with van der Waals surface area (Å²) < 4.78 is 5.92. The molecule has 0 amide bonds. The smallest absolute Gasteiger partial charge is 0.0684 e. The number of hydrogen-bond acceptors (Lipinski definition) is 3. The van der Waals surface area contributed by atoms with Gasteiger partial charge in [0.05, 0.1) is 6.10 Å². The van der Waals surface area contributed by atoms with Gasteiger partial charge in [0.15, 0.2) is 0 Å². The lowest BCUT2D eigenvalue weighted by atomic mass is 9.55. The van der Waals surface area contributed by atoms with Crippen LogP contribution in [-0.4, -0.2) is 37.3 Å². The number of thioether (sulfide) groups is 1. The molecule has 2 nitrogen and oxygen atoms in total. The van der Waals surface area contributed by atoms with Crippen molar-refractivity contribution in [3.8, 4) is 0 Å². The van der Waals surface area contributed by atoms with E-state index in [1.807, 2.05) is 11.8 Å². The van der Waals surface area contributed by atoms with Crippen molar-refractivity contribution in [2.75, 3.05) is 25.2 Å². The van der Waals surface area contributed by atoms with Crippen LogP contribution in [-0.2, 0) is 4.74 Å². The summed E-state index contributed by atoms with van der Waals surface area (Å²) in [4.78, 5) is 0. The SMILES string of the molecule is CSCCCCN[C@@H]1[C@@H]2CCCO[C@@H]2C1(C)C. The second kappa shape index (κ2) is 5.94. The molecule has 0 radical (unpaired) electrons. The third-order valence-corrected chi connectivity index (χ3v) is 5.17. The molecule has 1 saturated carbocycles. The Kier molecular flexibility index (Phi) is 4.79. The van der Waals surface area contributed by atoms with Crippen LogP contribution in [0.4, 0.5) is 0 Å². The van der Waals surface area contributed by atoms with Gasteiger partial charge in [-0.25, -0.2) is 0 Å². The van der Waals surface area contributed by atoms with Crippen molar-refractivity contribution in [3.63, 3.8) is 0 Å². The minimum atomic E-state index is 0.338. The molecule has 17 heavy (non-hydrogen) atoms. The predicted molar refractivity (Wildman–Crippen MR) is 75.7 cm³/mol. The Labute approximate surface area is 110 Å². The molecule has 1 heterocycles. The molecule has 1 aliphatic heterocycles. The van der Waals surface area contributed by atoms with Gasteiger partial charge in [-0.3, -0.25) is 0 Å². The summed E-state index contributed by atoms with van der Waals surface area (Å²) in [5.41, 5.74) is 0.338. The second-order valence-electron chi connectivity index (χ2n) is 6.05. The molecule has 100 valence electrons. The van der Waals surface area contributed by atoms with E-state index in [4.69, 9.17) is 4.74 Å². The van der Waals surface area contributed by atoms with E-state index in [2.05, 4.69) is 25.4 Å². The Morgan fingerprint density at radius 2 is 2.18 bits per heavy atom. The molecule has 1 aliphatic carbocycles. The van der Waals surface area contributed by atoms with Crippen LogP contribution in [0.2, 0.25) is 0 Å². The van der Waals surface area contributed by atoms with Gasteiger partial charge in [-0.05, 0) is 44.2 Å². The van der Waals surface area contributed by atoms with Crippen molar-refractivity contribution in [3.05, 3.63) is 0 Å². The molecule has 1 N–H and O–H groups in total. The highest BCUT2D eigenvalue weighted by molar-refractivity contribution is 7.98. The second-order valence-corrected chi connectivity index (χ2v) is 7.04. The van der Waals surface area contributed by atoms with Crippen LogP contribution >= 0.6 is 11.8 Å². The lowest BCUT2D eigenvalue weighted by Gasteiger charge is -2.60. The van der Waals surface area contributed by atoms with Crippen LogP contribution in [0.15, 0.2) is 0 Å². The van der Waals surface area contributed by atoms with Crippen LogP contribution in [0.3, 0.4) is 0 Å². The van der Waals surface area contributed by atoms with Crippen LogP contribution in [0.5, 0.6) is 0 Å². The number of fused-ring (bicyclic) bond motifs is 1. The normalized spacial score (nSPS) is 35.1. The number of ether oxygens (including phenoxy) is 1. The summed E-state index contributed by atoms with van der Waals surface area (Å²) in [5, 5.41) is 3.78. The molecule has 0 spiro atoms. The van der Waals surface area contributed by atoms with E-state index in [-0.39, 0.29) is 0 Å². The lowest BCUT2D eigenvalue weighted by Crippen LogP contribution is -2.69. The van der Waals surface area contributed by atoms with Crippen LogP contribution in [0.1, 0.15) is 39.5 Å². The minimum absolute atomic E-state index is 0.338. The van der Waals surface area contributed by atoms with Gasteiger partial charge < -0.3 is 10.1 Å². The first-order chi connectivity index (χ1) is 8.18. The van der Waals surface area contributed by atoms with Crippen molar-refractivity contribution in [2.45, 2.75) is 51.7 Å². The topological polar surface area (TPSA) is 21.3 Å². The summed E-state index contributed by atoms with van der Waals surface area (Å²) >= 11 is 1.95. The molecule has 3 heteroatoms. The Hall–Kier alpha value is 0.270. The van der Waals surface area contributed by atoms with Gasteiger partial charge in [-0.15, -0.1) is 0 Å². The summed E-state index contributed by atoms with van der Waals surface area (Å²) in [5.74, 6) is 2.07. The predicted octanol–water partition coefficient (Wildman–Crippen LogP) is 2.92. The van der Waals surface area contributed by atoms with E-state index in [1.165, 1.54) is 38.0 Å². The quantitative estimate of drug-likeness (QED) is 0.739. The molecular formula is C14H27NOS. The van der Waals surface area contributed by atoms with E-state index < -0.39 is 0 Å². The fraction of sp³-hybridized carbons (Fsp3) is 1.00.